The van der Waals surface area contributed by atoms with Crippen molar-refractivity contribution < 1.29 is 23.8 Å². The first kappa shape index (κ1) is 20.1. The van der Waals surface area contributed by atoms with Crippen LogP contribution in [0.25, 0.3) is 11.3 Å². The summed E-state index contributed by atoms with van der Waals surface area (Å²) >= 11 is 0. The zero-order valence-electron chi connectivity index (χ0n) is 15.9. The first-order valence-electron chi connectivity index (χ1n) is 9.06. The molecule has 0 bridgehead atoms. The lowest BCUT2D eigenvalue weighted by Gasteiger charge is -2.14. The van der Waals surface area contributed by atoms with Crippen molar-refractivity contribution in [2.45, 2.75) is 19.4 Å². The molecule has 0 saturated carbocycles. The lowest BCUT2D eigenvalue weighted by Crippen LogP contribution is -2.21. The van der Waals surface area contributed by atoms with Gasteiger partial charge in [-0.3, -0.25) is 9.59 Å². The number of hydrogen-bond acceptors (Lipinski definition) is 3. The van der Waals surface area contributed by atoms with Gasteiger partial charge in [-0.1, -0.05) is 0 Å². The van der Waals surface area contributed by atoms with E-state index in [1.54, 1.807) is 11.7 Å². The van der Waals surface area contributed by atoms with E-state index in [4.69, 9.17) is 9.84 Å². The van der Waals surface area contributed by atoms with Crippen LogP contribution >= 0.6 is 0 Å². The van der Waals surface area contributed by atoms with Gasteiger partial charge in [0.1, 0.15) is 18.1 Å². The number of anilines is 1. The molecule has 2 N–H and O–H groups in total. The van der Waals surface area contributed by atoms with Gasteiger partial charge in [0.25, 0.3) is 0 Å². The Hall–Kier alpha value is -3.61. The van der Waals surface area contributed by atoms with E-state index in [0.29, 0.717) is 17.9 Å². The maximum absolute atomic E-state index is 13.1. The second-order valence-electron chi connectivity index (χ2n) is 6.47. The minimum absolute atomic E-state index is 0.000686. The normalized spacial score (nSPS) is 10.6. The third-order valence-corrected chi connectivity index (χ3v) is 4.48. The van der Waals surface area contributed by atoms with Crippen LogP contribution in [0.4, 0.5) is 10.1 Å². The van der Waals surface area contributed by atoms with Gasteiger partial charge in [-0.25, -0.2) is 4.39 Å². The fourth-order valence-corrected chi connectivity index (χ4v) is 3.04. The van der Waals surface area contributed by atoms with Crippen molar-refractivity contribution >= 4 is 17.6 Å². The molecule has 0 aliphatic carbocycles. The quantitative estimate of drug-likeness (QED) is 0.604. The summed E-state index contributed by atoms with van der Waals surface area (Å²) in [5, 5.41) is 11.7. The lowest BCUT2D eigenvalue weighted by molar-refractivity contribution is -0.137. The van der Waals surface area contributed by atoms with E-state index in [0.717, 1.165) is 17.0 Å². The van der Waals surface area contributed by atoms with E-state index < -0.39 is 5.97 Å². The largest absolute Gasteiger partial charge is 0.497 e. The predicted octanol–water partition coefficient (Wildman–Crippen LogP) is 3.96. The van der Waals surface area contributed by atoms with Gasteiger partial charge in [0.05, 0.1) is 13.5 Å². The SMILES string of the molecule is COc1ccc(-c2ccc(CCC(=O)O)n2CC(=O)Nc2ccc(F)cc2)cc1. The summed E-state index contributed by atoms with van der Waals surface area (Å²) in [6.07, 6.45) is 0.265. The predicted molar refractivity (Wildman–Crippen MR) is 107 cm³/mol. The van der Waals surface area contributed by atoms with Gasteiger partial charge in [0.15, 0.2) is 0 Å². The van der Waals surface area contributed by atoms with E-state index >= 15 is 0 Å². The number of carbonyl (C=O) groups excluding carboxylic acids is 1. The third-order valence-electron chi connectivity index (χ3n) is 4.48. The van der Waals surface area contributed by atoms with Gasteiger partial charge in [-0.2, -0.15) is 0 Å². The van der Waals surface area contributed by atoms with Gasteiger partial charge < -0.3 is 19.7 Å². The topological polar surface area (TPSA) is 80.6 Å². The summed E-state index contributed by atoms with van der Waals surface area (Å²) in [5.41, 5.74) is 2.90. The molecule has 0 aliphatic rings. The molecule has 0 spiro atoms. The Morgan fingerprint density at radius 2 is 1.72 bits per heavy atom. The number of nitrogens with one attached hydrogen (secondary N) is 1. The second-order valence-corrected chi connectivity index (χ2v) is 6.47. The Kier molecular flexibility index (Phi) is 6.29. The number of aliphatic carboxylic acids is 1. The number of carbonyl (C=O) groups is 2. The Morgan fingerprint density at radius 3 is 2.34 bits per heavy atom. The zero-order chi connectivity index (χ0) is 20.8. The van der Waals surface area contributed by atoms with Crippen LogP contribution in [0.3, 0.4) is 0 Å². The number of carboxylic acid groups (broad SMARTS) is 1. The van der Waals surface area contributed by atoms with E-state index in [1.165, 1.54) is 24.3 Å². The molecule has 0 unspecified atom stereocenters. The average Bonchev–Trinajstić information content (AvgIpc) is 3.10. The third kappa shape index (κ3) is 5.22. The number of ether oxygens (including phenoxy) is 1. The molecule has 0 fully saturated rings. The summed E-state index contributed by atoms with van der Waals surface area (Å²) in [5.74, 6) is -0.864. The van der Waals surface area contributed by atoms with E-state index in [-0.39, 0.29) is 24.7 Å². The van der Waals surface area contributed by atoms with Crippen molar-refractivity contribution in [2.75, 3.05) is 12.4 Å². The molecule has 1 aromatic heterocycles. The van der Waals surface area contributed by atoms with Crippen LogP contribution in [-0.2, 0) is 22.6 Å². The minimum atomic E-state index is -0.903. The maximum Gasteiger partial charge on any atom is 0.303 e. The van der Waals surface area contributed by atoms with Crippen LogP contribution in [0.5, 0.6) is 5.75 Å². The number of nitrogens with zero attached hydrogens (tertiary/aromatic N) is 1. The molecule has 29 heavy (non-hydrogen) atoms. The number of amides is 1. The summed E-state index contributed by atoms with van der Waals surface area (Å²) in [6.45, 7) is 0.000686. The van der Waals surface area contributed by atoms with Crippen LogP contribution in [0.2, 0.25) is 0 Å². The highest BCUT2D eigenvalue weighted by molar-refractivity contribution is 5.91. The van der Waals surface area contributed by atoms with Crippen molar-refractivity contribution in [3.8, 4) is 17.0 Å². The molecule has 2 aromatic carbocycles. The Morgan fingerprint density at radius 1 is 1.03 bits per heavy atom. The molecule has 0 radical (unpaired) electrons. The molecule has 6 nitrogen and oxygen atoms in total. The number of aromatic nitrogens is 1. The van der Waals surface area contributed by atoms with Gasteiger partial charge in [-0.05, 0) is 72.6 Å². The molecular weight excluding hydrogens is 375 g/mol. The Bertz CT molecular complexity index is 995. The minimum Gasteiger partial charge on any atom is -0.497 e. The fraction of sp³-hybridized carbons (Fsp3) is 0.182. The smallest absolute Gasteiger partial charge is 0.303 e. The fourth-order valence-electron chi connectivity index (χ4n) is 3.04. The highest BCUT2D eigenvalue weighted by Crippen LogP contribution is 2.26. The van der Waals surface area contributed by atoms with Crippen molar-refractivity contribution in [1.29, 1.82) is 0 Å². The summed E-state index contributed by atoms with van der Waals surface area (Å²) < 4.78 is 20.0. The number of aryl methyl sites for hydroxylation is 1. The van der Waals surface area contributed by atoms with Crippen LogP contribution in [0, 0.1) is 5.82 Å². The van der Waals surface area contributed by atoms with Crippen molar-refractivity contribution in [1.82, 2.24) is 4.57 Å². The summed E-state index contributed by atoms with van der Waals surface area (Å²) in [7, 11) is 1.58. The molecule has 0 saturated heterocycles. The lowest BCUT2D eigenvalue weighted by atomic mass is 10.1. The standard InChI is InChI=1S/C22H21FN2O4/c1-29-19-10-2-15(3-11-19)20-12-8-18(9-13-22(27)28)25(20)14-21(26)24-17-6-4-16(23)5-7-17/h2-8,10-12H,9,13-14H2,1H3,(H,24,26)(H,27,28). The number of rotatable bonds is 8. The van der Waals surface area contributed by atoms with Crippen LogP contribution in [-0.4, -0.2) is 28.7 Å². The second kappa shape index (κ2) is 9.05. The molecule has 3 rings (SSSR count). The molecule has 1 amide bonds. The molecular formula is C22H21FN2O4. The van der Waals surface area contributed by atoms with Crippen molar-refractivity contribution in [3.63, 3.8) is 0 Å². The maximum atomic E-state index is 13.1. The summed E-state index contributed by atoms with van der Waals surface area (Å²) in [4.78, 5) is 23.6. The van der Waals surface area contributed by atoms with Crippen LogP contribution in [0.15, 0.2) is 60.7 Å². The molecule has 0 atom stereocenters. The number of halogens is 1. The molecule has 0 aliphatic heterocycles. The first-order chi connectivity index (χ1) is 14.0. The Labute approximate surface area is 167 Å². The van der Waals surface area contributed by atoms with Crippen molar-refractivity contribution in [2.24, 2.45) is 0 Å². The monoisotopic (exact) mass is 396 g/mol. The highest BCUT2D eigenvalue weighted by atomic mass is 19.1. The first-order valence-corrected chi connectivity index (χ1v) is 9.06. The molecule has 3 aromatic rings. The zero-order valence-corrected chi connectivity index (χ0v) is 15.9. The number of methoxy groups -OCH3 is 1. The van der Waals surface area contributed by atoms with Gasteiger partial charge in [0, 0.05) is 17.1 Å². The van der Waals surface area contributed by atoms with E-state index in [2.05, 4.69) is 5.32 Å². The van der Waals surface area contributed by atoms with Gasteiger partial charge >= 0.3 is 5.97 Å². The highest BCUT2D eigenvalue weighted by Gasteiger charge is 2.15. The molecule has 7 heteroatoms. The number of benzene rings is 2. The van der Waals surface area contributed by atoms with E-state index in [1.807, 2.05) is 36.4 Å². The van der Waals surface area contributed by atoms with Crippen molar-refractivity contribution in [3.05, 3.63) is 72.2 Å². The van der Waals surface area contributed by atoms with Gasteiger partial charge in [-0.15, -0.1) is 0 Å². The molecule has 150 valence electrons. The number of hydrogen-bond donors (Lipinski definition) is 2. The Balaban J connectivity index is 1.86. The number of carboxylic acids is 1. The molecule has 1 heterocycles. The summed E-state index contributed by atoms with van der Waals surface area (Å²) in [6, 6.07) is 16.6. The van der Waals surface area contributed by atoms with E-state index in [9.17, 15) is 14.0 Å². The average molecular weight is 396 g/mol. The van der Waals surface area contributed by atoms with Crippen LogP contribution in [0.1, 0.15) is 12.1 Å². The van der Waals surface area contributed by atoms with Gasteiger partial charge in [0.2, 0.25) is 5.91 Å². The van der Waals surface area contributed by atoms with Crippen LogP contribution < -0.4 is 10.1 Å².